The fourth-order valence-corrected chi connectivity index (χ4v) is 3.34. The average Bonchev–Trinajstić information content (AvgIpc) is 2.88. The molecule has 0 aliphatic carbocycles. The second kappa shape index (κ2) is 14.9. The maximum absolute atomic E-state index is 12.9. The number of hydrogen-bond donors (Lipinski definition) is 2. The highest BCUT2D eigenvalue weighted by Gasteiger charge is 2.31. The molecule has 0 aliphatic rings. The van der Waals surface area contributed by atoms with Crippen LogP contribution >= 0.6 is 0 Å². The van der Waals surface area contributed by atoms with Gasteiger partial charge in [-0.3, -0.25) is 9.59 Å². The first-order valence-corrected chi connectivity index (χ1v) is 13.1. The molecular formula is C30H40N2O6. The normalized spacial score (nSPS) is 14.2. The van der Waals surface area contributed by atoms with Crippen LogP contribution in [0.5, 0.6) is 0 Å². The second-order valence-electron chi connectivity index (χ2n) is 10.2. The molecule has 206 valence electrons. The van der Waals surface area contributed by atoms with E-state index in [4.69, 9.17) is 9.47 Å². The molecule has 0 saturated heterocycles. The summed E-state index contributed by atoms with van der Waals surface area (Å²) in [5.74, 6) is -3.20. The largest absolute Gasteiger partial charge is 0.461 e. The van der Waals surface area contributed by atoms with Gasteiger partial charge in [0.25, 0.3) is 0 Å². The van der Waals surface area contributed by atoms with Crippen molar-refractivity contribution in [2.75, 3.05) is 0 Å². The molecule has 0 aromatic heterocycles. The van der Waals surface area contributed by atoms with Gasteiger partial charge in [-0.05, 0) is 36.8 Å². The maximum Gasteiger partial charge on any atom is 0.329 e. The van der Waals surface area contributed by atoms with Crippen molar-refractivity contribution < 1.29 is 28.7 Å². The van der Waals surface area contributed by atoms with Crippen molar-refractivity contribution in [3.63, 3.8) is 0 Å². The predicted molar refractivity (Wildman–Crippen MR) is 145 cm³/mol. The first kappa shape index (κ1) is 30.5. The molecule has 2 amide bonds. The number of esters is 2. The van der Waals surface area contributed by atoms with Gasteiger partial charge in [-0.1, -0.05) is 88.4 Å². The molecule has 0 radical (unpaired) electrons. The van der Waals surface area contributed by atoms with E-state index < -0.39 is 35.8 Å². The van der Waals surface area contributed by atoms with Gasteiger partial charge in [0.1, 0.15) is 24.3 Å². The number of benzene rings is 2. The number of ether oxygens (including phenoxy) is 2. The minimum atomic E-state index is -1.09. The van der Waals surface area contributed by atoms with Gasteiger partial charge < -0.3 is 20.1 Å². The van der Waals surface area contributed by atoms with Crippen LogP contribution in [0.4, 0.5) is 0 Å². The fourth-order valence-electron chi connectivity index (χ4n) is 3.34. The Morgan fingerprint density at radius 1 is 0.579 bits per heavy atom. The highest BCUT2D eigenvalue weighted by atomic mass is 16.5. The molecule has 2 aromatic carbocycles. The van der Waals surface area contributed by atoms with Gasteiger partial charge in [-0.25, -0.2) is 9.59 Å². The second-order valence-corrected chi connectivity index (χ2v) is 10.2. The smallest absolute Gasteiger partial charge is 0.329 e. The van der Waals surface area contributed by atoms with Crippen LogP contribution in [0.1, 0.15) is 52.7 Å². The first-order chi connectivity index (χ1) is 18.0. The molecule has 2 rings (SSSR count). The van der Waals surface area contributed by atoms with Crippen molar-refractivity contribution in [3.05, 3.63) is 71.8 Å². The van der Waals surface area contributed by atoms with Gasteiger partial charge in [0.2, 0.25) is 0 Å². The van der Waals surface area contributed by atoms with Gasteiger partial charge in [0.05, 0.1) is 0 Å². The van der Waals surface area contributed by atoms with Crippen LogP contribution in [0.2, 0.25) is 0 Å². The van der Waals surface area contributed by atoms with E-state index in [0.29, 0.717) is 0 Å². The topological polar surface area (TPSA) is 111 Å². The monoisotopic (exact) mass is 524 g/mol. The molecule has 2 aromatic rings. The Balaban J connectivity index is 2.17. The molecule has 0 spiro atoms. The fraction of sp³-hybridized carbons (Fsp3) is 0.467. The molecule has 4 atom stereocenters. The minimum Gasteiger partial charge on any atom is -0.461 e. The zero-order chi connectivity index (χ0) is 28.2. The van der Waals surface area contributed by atoms with Gasteiger partial charge in [0, 0.05) is 12.8 Å². The molecule has 0 fully saturated rings. The van der Waals surface area contributed by atoms with E-state index in [0.717, 1.165) is 11.1 Å². The molecule has 38 heavy (non-hydrogen) atoms. The molecule has 2 N–H and O–H groups in total. The van der Waals surface area contributed by atoms with Gasteiger partial charge >= 0.3 is 23.8 Å². The summed E-state index contributed by atoms with van der Waals surface area (Å²) in [6, 6.07) is 16.1. The van der Waals surface area contributed by atoms with Crippen molar-refractivity contribution >= 4 is 23.8 Å². The van der Waals surface area contributed by atoms with Crippen LogP contribution in [-0.4, -0.2) is 48.0 Å². The summed E-state index contributed by atoms with van der Waals surface area (Å²) in [5, 5.41) is 5.00. The number of carbonyl (C=O) groups is 4. The summed E-state index contributed by atoms with van der Waals surface area (Å²) in [5.41, 5.74) is 1.58. The number of amides is 2. The van der Waals surface area contributed by atoms with Crippen molar-refractivity contribution in [1.82, 2.24) is 10.6 Å². The SMILES string of the molecule is CC(C)[C@H](C)OC(=O)[C@H](Cc1ccccc1)NC(=O)C(=O)N[C@@H](Cc1ccccc1)C(=O)O[C@@H](C)C(C)C. The van der Waals surface area contributed by atoms with Crippen molar-refractivity contribution in [3.8, 4) is 0 Å². The summed E-state index contributed by atoms with van der Waals surface area (Å²) in [4.78, 5) is 51.7. The van der Waals surface area contributed by atoms with Crippen molar-refractivity contribution in [2.24, 2.45) is 11.8 Å². The van der Waals surface area contributed by atoms with E-state index in [1.165, 1.54) is 0 Å². The van der Waals surface area contributed by atoms with Crippen LogP contribution in [0.15, 0.2) is 60.7 Å². The quantitative estimate of drug-likeness (QED) is 0.324. The van der Waals surface area contributed by atoms with Crippen LogP contribution in [0, 0.1) is 11.8 Å². The highest BCUT2D eigenvalue weighted by Crippen LogP contribution is 2.12. The number of rotatable bonds is 12. The Hall–Kier alpha value is -3.68. The third kappa shape index (κ3) is 10.00. The summed E-state index contributed by atoms with van der Waals surface area (Å²) < 4.78 is 11.1. The zero-order valence-corrected chi connectivity index (χ0v) is 23.1. The number of hydrogen-bond acceptors (Lipinski definition) is 6. The van der Waals surface area contributed by atoms with Crippen LogP contribution < -0.4 is 10.6 Å². The Labute approximate surface area is 225 Å². The number of carbonyl (C=O) groups excluding carboxylic acids is 4. The van der Waals surface area contributed by atoms with E-state index in [9.17, 15) is 19.2 Å². The summed E-state index contributed by atoms with van der Waals surface area (Å²) in [7, 11) is 0. The molecule has 0 heterocycles. The first-order valence-electron chi connectivity index (χ1n) is 13.1. The molecule has 8 heteroatoms. The summed E-state index contributed by atoms with van der Waals surface area (Å²) in [6.45, 7) is 11.2. The standard InChI is InChI=1S/C30H40N2O6/c1-19(2)21(5)37-29(35)25(17-23-13-9-7-10-14-23)31-27(33)28(34)32-26(18-24-15-11-8-12-16-24)30(36)38-22(6)20(3)4/h7-16,19-22,25-26H,17-18H2,1-6H3,(H,31,33)(H,32,34)/t21-,22-,25-,26-/m0/s1. The Morgan fingerprint density at radius 3 is 1.18 bits per heavy atom. The van der Waals surface area contributed by atoms with E-state index in [2.05, 4.69) is 10.6 Å². The molecule has 0 unspecified atom stereocenters. The predicted octanol–water partition coefficient (Wildman–Crippen LogP) is 3.62. The lowest BCUT2D eigenvalue weighted by molar-refractivity contribution is -0.156. The third-order valence-corrected chi connectivity index (χ3v) is 6.43. The minimum absolute atomic E-state index is 0.0771. The van der Waals surface area contributed by atoms with E-state index >= 15 is 0 Å². The van der Waals surface area contributed by atoms with Crippen LogP contribution in [0.25, 0.3) is 0 Å². The Kier molecular flexibility index (Phi) is 12.0. The van der Waals surface area contributed by atoms with Gasteiger partial charge in [-0.15, -0.1) is 0 Å². The van der Waals surface area contributed by atoms with Crippen LogP contribution in [0.3, 0.4) is 0 Å². The highest BCUT2D eigenvalue weighted by molar-refractivity contribution is 6.35. The molecule has 0 bridgehead atoms. The lowest BCUT2D eigenvalue weighted by atomic mass is 10.0. The summed E-state index contributed by atoms with van der Waals surface area (Å²) >= 11 is 0. The van der Waals surface area contributed by atoms with Crippen molar-refractivity contribution in [1.29, 1.82) is 0 Å². The van der Waals surface area contributed by atoms with Crippen molar-refractivity contribution in [2.45, 2.75) is 78.7 Å². The lowest BCUT2D eigenvalue weighted by Crippen LogP contribution is -2.53. The number of nitrogens with one attached hydrogen (secondary N) is 2. The van der Waals surface area contributed by atoms with Gasteiger partial charge in [0.15, 0.2) is 0 Å². The lowest BCUT2D eigenvalue weighted by Gasteiger charge is -2.24. The molecule has 0 aliphatic heterocycles. The zero-order valence-electron chi connectivity index (χ0n) is 23.1. The van der Waals surface area contributed by atoms with E-state index in [1.807, 2.05) is 88.4 Å². The van der Waals surface area contributed by atoms with E-state index in [-0.39, 0.29) is 36.9 Å². The Bertz CT molecular complexity index is 969. The maximum atomic E-state index is 12.9. The molecule has 0 saturated carbocycles. The van der Waals surface area contributed by atoms with Crippen LogP contribution in [-0.2, 0) is 41.5 Å². The van der Waals surface area contributed by atoms with Gasteiger partial charge in [-0.2, -0.15) is 0 Å². The third-order valence-electron chi connectivity index (χ3n) is 6.43. The average molecular weight is 525 g/mol. The summed E-state index contributed by atoms with van der Waals surface area (Å²) in [6.07, 6.45) is -0.463. The Morgan fingerprint density at radius 2 is 0.895 bits per heavy atom. The van der Waals surface area contributed by atoms with E-state index in [1.54, 1.807) is 13.8 Å². The molecular weight excluding hydrogens is 484 g/mol. The molecule has 8 nitrogen and oxygen atoms in total.